The van der Waals surface area contributed by atoms with Crippen molar-refractivity contribution in [1.29, 1.82) is 0 Å². The fraction of sp³-hybridized carbons (Fsp3) is 0.316. The Labute approximate surface area is 181 Å². The molecule has 0 unspecified atom stereocenters. The fourth-order valence-corrected chi connectivity index (χ4v) is 5.75. The van der Waals surface area contributed by atoms with E-state index in [0.29, 0.717) is 24.9 Å². The number of carbonyl (C=O) groups excluding carboxylic acids is 1. The zero-order valence-electron chi connectivity index (χ0n) is 15.6. The molecule has 0 aliphatic carbocycles. The van der Waals surface area contributed by atoms with Crippen molar-refractivity contribution in [2.45, 2.75) is 28.8 Å². The Morgan fingerprint density at radius 2 is 1.80 bits per heavy atom. The first-order valence-electron chi connectivity index (χ1n) is 8.97. The molecule has 1 aliphatic heterocycles. The molecule has 1 aliphatic rings. The molecule has 30 heavy (non-hydrogen) atoms. The topological polar surface area (TPSA) is 66.5 Å². The molecule has 1 saturated heterocycles. The number of rotatable bonds is 6. The standard InChI is InChI=1S/C19H18ClF3N2O3S2/c20-14-8-7-13(11-17(14)30(27,28)25-9-3-4-10-25)18(26)24-15-5-1-2-6-16(15)29-12-19(21,22)23/h1-2,5-8,11H,3-4,9-10,12H2,(H,24,26). The highest BCUT2D eigenvalue weighted by molar-refractivity contribution is 7.99. The lowest BCUT2D eigenvalue weighted by atomic mass is 10.2. The molecular formula is C19H18ClF3N2O3S2. The minimum atomic E-state index is -4.35. The number of nitrogens with one attached hydrogen (secondary N) is 1. The van der Waals surface area contributed by atoms with Crippen LogP contribution in [0, 0.1) is 0 Å². The number of sulfonamides is 1. The number of benzene rings is 2. The first-order chi connectivity index (χ1) is 14.1. The largest absolute Gasteiger partial charge is 0.398 e. The van der Waals surface area contributed by atoms with E-state index >= 15 is 0 Å². The quantitative estimate of drug-likeness (QED) is 0.591. The molecule has 162 valence electrons. The Hall–Kier alpha value is -1.75. The first-order valence-corrected chi connectivity index (χ1v) is 11.8. The van der Waals surface area contributed by atoms with Gasteiger partial charge in [0.2, 0.25) is 10.0 Å². The maximum absolute atomic E-state index is 12.8. The third kappa shape index (κ3) is 5.48. The molecule has 1 heterocycles. The normalized spacial score (nSPS) is 15.3. The van der Waals surface area contributed by atoms with Crippen molar-refractivity contribution in [3.63, 3.8) is 0 Å². The lowest BCUT2D eigenvalue weighted by molar-refractivity contribution is -0.105. The van der Waals surface area contributed by atoms with Crippen molar-refractivity contribution in [3.8, 4) is 0 Å². The van der Waals surface area contributed by atoms with Gasteiger partial charge in [-0.1, -0.05) is 23.7 Å². The van der Waals surface area contributed by atoms with Gasteiger partial charge in [0.05, 0.1) is 16.5 Å². The minimum Gasteiger partial charge on any atom is -0.321 e. The molecule has 1 fully saturated rings. The summed E-state index contributed by atoms with van der Waals surface area (Å²) in [7, 11) is -3.84. The first kappa shape index (κ1) is 22.9. The predicted octanol–water partition coefficient (Wildman–Crippen LogP) is 5.03. The van der Waals surface area contributed by atoms with Gasteiger partial charge in [-0.2, -0.15) is 17.5 Å². The summed E-state index contributed by atoms with van der Waals surface area (Å²) in [5.41, 5.74) is 0.239. The second kappa shape index (κ2) is 9.17. The molecule has 3 rings (SSSR count). The van der Waals surface area contributed by atoms with Crippen molar-refractivity contribution in [3.05, 3.63) is 53.1 Å². The van der Waals surface area contributed by atoms with Crippen LogP contribution < -0.4 is 5.32 Å². The molecule has 0 aromatic heterocycles. The van der Waals surface area contributed by atoms with Gasteiger partial charge in [0.25, 0.3) is 5.91 Å². The summed E-state index contributed by atoms with van der Waals surface area (Å²) in [4.78, 5) is 12.8. The maximum atomic E-state index is 12.8. The van der Waals surface area contributed by atoms with Crippen molar-refractivity contribution in [2.75, 3.05) is 24.2 Å². The monoisotopic (exact) mass is 478 g/mol. The van der Waals surface area contributed by atoms with E-state index in [9.17, 15) is 26.4 Å². The predicted molar refractivity (Wildman–Crippen MR) is 111 cm³/mol. The van der Waals surface area contributed by atoms with Gasteiger partial charge in [0, 0.05) is 23.5 Å². The molecule has 5 nitrogen and oxygen atoms in total. The highest BCUT2D eigenvalue weighted by Crippen LogP contribution is 2.33. The summed E-state index contributed by atoms with van der Waals surface area (Å²) in [5, 5.41) is 2.55. The lowest BCUT2D eigenvalue weighted by Crippen LogP contribution is -2.28. The molecule has 0 saturated carbocycles. The third-order valence-corrected chi connectivity index (χ3v) is 7.92. The zero-order valence-corrected chi connectivity index (χ0v) is 18.0. The van der Waals surface area contributed by atoms with Gasteiger partial charge in [-0.3, -0.25) is 4.79 Å². The van der Waals surface area contributed by atoms with E-state index in [1.165, 1.54) is 34.6 Å². The number of hydrogen-bond acceptors (Lipinski definition) is 4. The van der Waals surface area contributed by atoms with Gasteiger partial charge in [-0.25, -0.2) is 8.42 Å². The zero-order chi connectivity index (χ0) is 21.9. The van der Waals surface area contributed by atoms with E-state index in [1.54, 1.807) is 12.1 Å². The van der Waals surface area contributed by atoms with Crippen LogP contribution in [0.3, 0.4) is 0 Å². The Morgan fingerprint density at radius 1 is 1.13 bits per heavy atom. The van der Waals surface area contributed by atoms with Crippen LogP contribution in [-0.2, 0) is 10.0 Å². The van der Waals surface area contributed by atoms with E-state index in [2.05, 4.69) is 5.32 Å². The molecule has 0 atom stereocenters. The molecule has 1 N–H and O–H groups in total. The van der Waals surface area contributed by atoms with E-state index in [4.69, 9.17) is 11.6 Å². The minimum absolute atomic E-state index is 0.000386. The average molecular weight is 479 g/mol. The van der Waals surface area contributed by atoms with Gasteiger partial charge in [0.1, 0.15) is 4.90 Å². The van der Waals surface area contributed by atoms with Crippen molar-refractivity contribution in [2.24, 2.45) is 0 Å². The number of carbonyl (C=O) groups is 1. The van der Waals surface area contributed by atoms with Crippen LogP contribution in [0.4, 0.5) is 18.9 Å². The number of thioether (sulfide) groups is 1. The molecule has 0 radical (unpaired) electrons. The maximum Gasteiger partial charge on any atom is 0.398 e. The summed E-state index contributed by atoms with van der Waals surface area (Å²) in [6, 6.07) is 9.98. The summed E-state index contributed by atoms with van der Waals surface area (Å²) in [6.07, 6.45) is -2.84. The Kier molecular flexibility index (Phi) is 7.01. The molecule has 0 bridgehead atoms. The second-order valence-corrected chi connectivity index (χ2v) is 9.94. The number of nitrogens with zero attached hydrogens (tertiary/aromatic N) is 1. The highest BCUT2D eigenvalue weighted by atomic mass is 35.5. The highest BCUT2D eigenvalue weighted by Gasteiger charge is 2.30. The smallest absolute Gasteiger partial charge is 0.321 e. The molecule has 11 heteroatoms. The van der Waals surface area contributed by atoms with Crippen LogP contribution in [0.2, 0.25) is 5.02 Å². The van der Waals surface area contributed by atoms with Crippen LogP contribution in [0.1, 0.15) is 23.2 Å². The van der Waals surface area contributed by atoms with Gasteiger partial charge in [0.15, 0.2) is 0 Å². The number of halogens is 4. The summed E-state index contributed by atoms with van der Waals surface area (Å²) in [6.45, 7) is 0.776. The summed E-state index contributed by atoms with van der Waals surface area (Å²) in [5.74, 6) is -1.75. The van der Waals surface area contributed by atoms with Gasteiger partial charge < -0.3 is 5.32 Å². The Balaban J connectivity index is 1.84. The molecule has 2 aromatic rings. The van der Waals surface area contributed by atoms with E-state index in [1.807, 2.05) is 0 Å². The number of hydrogen-bond donors (Lipinski definition) is 1. The number of amides is 1. The number of para-hydroxylation sites is 1. The second-order valence-electron chi connectivity index (χ2n) is 6.61. The summed E-state index contributed by atoms with van der Waals surface area (Å²) < 4.78 is 64.6. The van der Waals surface area contributed by atoms with Crippen LogP contribution in [0.25, 0.3) is 0 Å². The SMILES string of the molecule is O=C(Nc1ccccc1SCC(F)(F)F)c1ccc(Cl)c(S(=O)(=O)N2CCCC2)c1. The van der Waals surface area contributed by atoms with E-state index in [-0.39, 0.29) is 26.1 Å². The average Bonchev–Trinajstić information content (AvgIpc) is 3.22. The Morgan fingerprint density at radius 3 is 2.47 bits per heavy atom. The van der Waals surface area contributed by atoms with Gasteiger partial charge >= 0.3 is 6.18 Å². The van der Waals surface area contributed by atoms with Crippen LogP contribution >= 0.6 is 23.4 Å². The number of anilines is 1. The summed E-state index contributed by atoms with van der Waals surface area (Å²) >= 11 is 6.64. The fourth-order valence-electron chi connectivity index (χ4n) is 2.96. The van der Waals surface area contributed by atoms with Gasteiger partial charge in [-0.15, -0.1) is 11.8 Å². The van der Waals surface area contributed by atoms with Crippen molar-refractivity contribution >= 4 is 45.0 Å². The third-order valence-electron chi connectivity index (χ3n) is 4.40. The van der Waals surface area contributed by atoms with Crippen molar-refractivity contribution < 1.29 is 26.4 Å². The van der Waals surface area contributed by atoms with Crippen LogP contribution in [0.15, 0.2) is 52.3 Å². The van der Waals surface area contributed by atoms with Crippen LogP contribution in [0.5, 0.6) is 0 Å². The Bertz CT molecular complexity index is 1040. The van der Waals surface area contributed by atoms with E-state index in [0.717, 1.165) is 12.8 Å². The van der Waals surface area contributed by atoms with Gasteiger partial charge in [-0.05, 0) is 43.2 Å². The van der Waals surface area contributed by atoms with Crippen LogP contribution in [-0.4, -0.2) is 43.6 Å². The molecule has 1 amide bonds. The molecule has 2 aromatic carbocycles. The number of alkyl halides is 3. The van der Waals surface area contributed by atoms with E-state index < -0.39 is 27.9 Å². The molecule has 0 spiro atoms. The van der Waals surface area contributed by atoms with Crippen molar-refractivity contribution in [1.82, 2.24) is 4.31 Å². The molecular weight excluding hydrogens is 461 g/mol. The lowest BCUT2D eigenvalue weighted by Gasteiger charge is -2.17.